The minimum absolute atomic E-state index is 0.167. The number of carboxylic acids is 1. The average molecular weight is 368 g/mol. The highest BCUT2D eigenvalue weighted by Crippen LogP contribution is 2.40. The summed E-state index contributed by atoms with van der Waals surface area (Å²) in [5.74, 6) is -1.69. The molecule has 8 N–H and O–H groups in total. The highest BCUT2D eigenvalue weighted by atomic mass is 32.2. The fraction of sp³-hybridized carbons (Fsp3) is 0.846. The molecule has 1 heterocycles. The maximum atomic E-state index is 11.7. The third-order valence-electron chi connectivity index (χ3n) is 3.64. The van der Waals surface area contributed by atoms with Crippen LogP contribution in [0.25, 0.3) is 0 Å². The molecule has 1 aliphatic heterocycles. The van der Waals surface area contributed by atoms with E-state index in [1.165, 1.54) is 6.92 Å². The largest absolute Gasteiger partial charge is 0.478 e. The number of thioether (sulfide) groups is 1. The van der Waals surface area contributed by atoms with Crippen molar-refractivity contribution >= 4 is 23.6 Å². The molecule has 11 heteroatoms. The topological polar surface area (TPSA) is 183 Å². The van der Waals surface area contributed by atoms with Gasteiger partial charge in [0, 0.05) is 25.6 Å². The average Bonchev–Trinajstić information content (AvgIpc) is 2.53. The van der Waals surface area contributed by atoms with E-state index >= 15 is 0 Å². The third-order valence-corrected chi connectivity index (χ3v) is 4.98. The standard InChI is InChI=1S/C13H24N2O8S/c1-6(17)15-9-7(18)4-13(12(21)22,24-3-2-14)23-11(9)10(20)8(19)5-16/h7-11,16,18-20H,2-5,14H2,1H3,(H,15,17)(H,21,22)/t7-,8+,9+,10+,11+,13-/m0/s1. The van der Waals surface area contributed by atoms with Crippen LogP contribution >= 0.6 is 11.8 Å². The van der Waals surface area contributed by atoms with E-state index in [-0.39, 0.29) is 18.7 Å². The zero-order valence-corrected chi connectivity index (χ0v) is 14.0. The normalized spacial score (nSPS) is 32.8. The lowest BCUT2D eigenvalue weighted by molar-refractivity contribution is -0.205. The molecule has 0 aliphatic carbocycles. The van der Waals surface area contributed by atoms with E-state index in [0.29, 0.717) is 0 Å². The molecule has 0 bridgehead atoms. The first-order valence-corrected chi connectivity index (χ1v) is 8.34. The summed E-state index contributed by atoms with van der Waals surface area (Å²) in [6.07, 6.45) is -6.51. The second kappa shape index (κ2) is 8.94. The van der Waals surface area contributed by atoms with Gasteiger partial charge in [-0.15, -0.1) is 11.8 Å². The third kappa shape index (κ3) is 4.79. The summed E-state index contributed by atoms with van der Waals surface area (Å²) in [5, 5.41) is 51.0. The summed E-state index contributed by atoms with van der Waals surface area (Å²) >= 11 is 0.843. The number of amides is 1. The zero-order valence-electron chi connectivity index (χ0n) is 13.2. The maximum Gasteiger partial charge on any atom is 0.346 e. The number of ether oxygens (including phenoxy) is 1. The minimum Gasteiger partial charge on any atom is -0.478 e. The fourth-order valence-corrected chi connectivity index (χ4v) is 3.54. The van der Waals surface area contributed by atoms with E-state index in [1.807, 2.05) is 0 Å². The first kappa shape index (κ1) is 21.1. The van der Waals surface area contributed by atoms with E-state index in [2.05, 4.69) is 5.32 Å². The number of carboxylic acid groups (broad SMARTS) is 1. The molecule has 0 spiro atoms. The predicted molar refractivity (Wildman–Crippen MR) is 84.1 cm³/mol. The van der Waals surface area contributed by atoms with E-state index in [0.717, 1.165) is 11.8 Å². The Morgan fingerprint density at radius 1 is 1.46 bits per heavy atom. The lowest BCUT2D eigenvalue weighted by atomic mass is 9.90. The molecular weight excluding hydrogens is 344 g/mol. The molecule has 0 saturated carbocycles. The number of nitrogens with two attached hydrogens (primary N) is 1. The molecule has 1 rings (SSSR count). The Balaban J connectivity index is 3.16. The molecule has 0 aromatic heterocycles. The van der Waals surface area contributed by atoms with Crippen LogP contribution in [0.1, 0.15) is 13.3 Å². The van der Waals surface area contributed by atoms with Gasteiger partial charge in [0.15, 0.2) is 0 Å². The fourth-order valence-electron chi connectivity index (χ4n) is 2.50. The van der Waals surface area contributed by atoms with Gasteiger partial charge in [-0.1, -0.05) is 0 Å². The number of hydrogen-bond donors (Lipinski definition) is 7. The van der Waals surface area contributed by atoms with Crippen LogP contribution in [-0.2, 0) is 14.3 Å². The van der Waals surface area contributed by atoms with E-state index in [9.17, 15) is 30.0 Å². The molecule has 0 radical (unpaired) electrons. The summed E-state index contributed by atoms with van der Waals surface area (Å²) < 4.78 is 5.52. The van der Waals surface area contributed by atoms with Crippen LogP contribution in [0, 0.1) is 0 Å². The summed E-state index contributed by atoms with van der Waals surface area (Å²) in [6.45, 7) is 0.543. The van der Waals surface area contributed by atoms with Crippen LogP contribution in [0.4, 0.5) is 0 Å². The molecule has 24 heavy (non-hydrogen) atoms. The van der Waals surface area contributed by atoms with Gasteiger partial charge in [-0.05, 0) is 0 Å². The van der Waals surface area contributed by atoms with E-state index in [4.69, 9.17) is 15.6 Å². The van der Waals surface area contributed by atoms with Crippen LogP contribution in [-0.4, -0.2) is 91.7 Å². The number of aliphatic hydroxyl groups excluding tert-OH is 4. The molecular formula is C13H24N2O8S. The van der Waals surface area contributed by atoms with Crippen molar-refractivity contribution in [1.82, 2.24) is 5.32 Å². The lowest BCUT2D eigenvalue weighted by Gasteiger charge is -2.46. The second-order valence-electron chi connectivity index (χ2n) is 5.52. The number of nitrogens with one attached hydrogen (secondary N) is 1. The number of aliphatic hydroxyl groups is 4. The minimum atomic E-state index is -1.89. The highest BCUT2D eigenvalue weighted by Gasteiger charge is 2.54. The van der Waals surface area contributed by atoms with Crippen molar-refractivity contribution in [2.75, 3.05) is 18.9 Å². The van der Waals surface area contributed by atoms with Crippen LogP contribution in [0.5, 0.6) is 0 Å². The van der Waals surface area contributed by atoms with Gasteiger partial charge in [-0.25, -0.2) is 4.79 Å². The van der Waals surface area contributed by atoms with Gasteiger partial charge in [-0.2, -0.15) is 0 Å². The lowest BCUT2D eigenvalue weighted by Crippen LogP contribution is -2.66. The van der Waals surface area contributed by atoms with Gasteiger partial charge in [0.2, 0.25) is 10.8 Å². The zero-order chi connectivity index (χ0) is 18.5. The maximum absolute atomic E-state index is 11.7. The Morgan fingerprint density at radius 3 is 2.54 bits per heavy atom. The molecule has 140 valence electrons. The van der Waals surface area contributed by atoms with Crippen LogP contribution < -0.4 is 11.1 Å². The molecule has 0 unspecified atom stereocenters. The number of hydrogen-bond acceptors (Lipinski definition) is 9. The van der Waals surface area contributed by atoms with Crippen molar-refractivity contribution in [3.8, 4) is 0 Å². The van der Waals surface area contributed by atoms with Crippen molar-refractivity contribution in [3.63, 3.8) is 0 Å². The predicted octanol–water partition coefficient (Wildman–Crippen LogP) is -3.17. The smallest absolute Gasteiger partial charge is 0.346 e. The molecule has 1 aliphatic rings. The van der Waals surface area contributed by atoms with Gasteiger partial charge in [0.1, 0.15) is 18.3 Å². The Labute approximate surface area is 143 Å². The Bertz CT molecular complexity index is 454. The first-order chi connectivity index (χ1) is 11.2. The number of carbonyl (C=O) groups is 2. The van der Waals surface area contributed by atoms with E-state index in [1.54, 1.807) is 0 Å². The molecule has 1 amide bonds. The summed E-state index contributed by atoms with van der Waals surface area (Å²) in [4.78, 5) is 21.1. The van der Waals surface area contributed by atoms with Crippen LogP contribution in [0.3, 0.4) is 0 Å². The first-order valence-electron chi connectivity index (χ1n) is 7.36. The molecule has 10 nitrogen and oxygen atoms in total. The summed E-state index contributed by atoms with van der Waals surface area (Å²) in [6, 6.07) is -1.15. The van der Waals surface area contributed by atoms with E-state index < -0.39 is 53.9 Å². The monoisotopic (exact) mass is 368 g/mol. The second-order valence-corrected chi connectivity index (χ2v) is 6.87. The van der Waals surface area contributed by atoms with Crippen LogP contribution in [0.15, 0.2) is 0 Å². The quantitative estimate of drug-likeness (QED) is 0.231. The molecule has 1 fully saturated rings. The summed E-state index contributed by atoms with van der Waals surface area (Å²) in [5.41, 5.74) is 5.39. The molecule has 1 saturated heterocycles. The van der Waals surface area contributed by atoms with Crippen molar-refractivity contribution in [2.45, 2.75) is 48.7 Å². The SMILES string of the molecule is CC(=O)N[C@H]1[C@H]([C@H](O)[C@H](O)CO)O[C@@](SCCN)(C(=O)O)C[C@@H]1O. The molecule has 0 aromatic rings. The Kier molecular flexibility index (Phi) is 7.86. The molecule has 0 aromatic carbocycles. The van der Waals surface area contributed by atoms with Gasteiger partial charge < -0.3 is 41.3 Å². The number of carbonyl (C=O) groups excluding carboxylic acids is 1. The van der Waals surface area contributed by atoms with Crippen molar-refractivity contribution in [3.05, 3.63) is 0 Å². The Morgan fingerprint density at radius 2 is 2.08 bits per heavy atom. The Hall–Kier alpha value is -0.950. The van der Waals surface area contributed by atoms with Gasteiger partial charge in [-0.3, -0.25) is 4.79 Å². The number of aliphatic carboxylic acids is 1. The highest BCUT2D eigenvalue weighted by molar-refractivity contribution is 8.01. The van der Waals surface area contributed by atoms with Gasteiger partial charge in [0.05, 0.1) is 18.8 Å². The van der Waals surface area contributed by atoms with Crippen LogP contribution in [0.2, 0.25) is 0 Å². The van der Waals surface area contributed by atoms with Gasteiger partial charge >= 0.3 is 5.97 Å². The number of rotatable bonds is 8. The van der Waals surface area contributed by atoms with Crippen molar-refractivity contribution in [1.29, 1.82) is 0 Å². The van der Waals surface area contributed by atoms with Crippen molar-refractivity contribution < 1.29 is 39.9 Å². The van der Waals surface area contributed by atoms with Gasteiger partial charge in [0.25, 0.3) is 0 Å². The summed E-state index contributed by atoms with van der Waals surface area (Å²) in [7, 11) is 0. The van der Waals surface area contributed by atoms with Crippen molar-refractivity contribution in [2.24, 2.45) is 5.73 Å². The molecule has 6 atom stereocenters.